The number of likely N-dealkylation sites (N-methyl/N-ethyl adjacent to an activating group) is 1. The number of methoxy groups -OCH3 is 1. The maximum atomic E-state index is 13.6. The third kappa shape index (κ3) is 7.01. The Morgan fingerprint density at radius 1 is 1.12 bits per heavy atom. The molecule has 8 nitrogen and oxygen atoms in total. The Morgan fingerprint density at radius 2 is 1.79 bits per heavy atom. The van der Waals surface area contributed by atoms with Crippen LogP contribution in [0.15, 0.2) is 42.5 Å². The van der Waals surface area contributed by atoms with Crippen LogP contribution in [0.3, 0.4) is 0 Å². The number of rotatable bonds is 11. The number of sulfonamides is 1. The van der Waals surface area contributed by atoms with Gasteiger partial charge in [0, 0.05) is 13.1 Å². The van der Waals surface area contributed by atoms with Gasteiger partial charge in [-0.05, 0) is 43.2 Å². The van der Waals surface area contributed by atoms with Crippen LogP contribution in [0.2, 0.25) is 10.0 Å². The lowest BCUT2D eigenvalue weighted by atomic mass is 10.1. The van der Waals surface area contributed by atoms with Gasteiger partial charge in [-0.3, -0.25) is 13.9 Å². The van der Waals surface area contributed by atoms with Crippen LogP contribution in [0, 0.1) is 0 Å². The van der Waals surface area contributed by atoms with Gasteiger partial charge in [0.05, 0.1) is 29.1 Å². The van der Waals surface area contributed by atoms with E-state index in [1.165, 1.54) is 24.1 Å². The number of benzene rings is 2. The van der Waals surface area contributed by atoms with Crippen molar-refractivity contribution in [2.75, 3.05) is 30.8 Å². The number of hydrogen-bond donors (Lipinski definition) is 1. The molecule has 0 fully saturated rings. The van der Waals surface area contributed by atoms with E-state index >= 15 is 0 Å². The fraction of sp³-hybridized carbons (Fsp3) is 0.391. The molecule has 0 aliphatic carbocycles. The van der Waals surface area contributed by atoms with Crippen LogP contribution in [0.1, 0.15) is 25.8 Å². The van der Waals surface area contributed by atoms with E-state index in [0.717, 1.165) is 16.1 Å². The van der Waals surface area contributed by atoms with Gasteiger partial charge in [-0.15, -0.1) is 0 Å². The van der Waals surface area contributed by atoms with E-state index in [1.807, 2.05) is 0 Å². The van der Waals surface area contributed by atoms with E-state index < -0.39 is 28.5 Å². The first-order chi connectivity index (χ1) is 16.0. The maximum absolute atomic E-state index is 13.6. The van der Waals surface area contributed by atoms with Crippen molar-refractivity contribution in [3.8, 4) is 5.75 Å². The van der Waals surface area contributed by atoms with Crippen molar-refractivity contribution in [3.05, 3.63) is 58.1 Å². The molecule has 0 aliphatic heterocycles. The van der Waals surface area contributed by atoms with Gasteiger partial charge in [0.1, 0.15) is 18.3 Å². The molecule has 34 heavy (non-hydrogen) atoms. The zero-order valence-corrected chi connectivity index (χ0v) is 21.9. The summed E-state index contributed by atoms with van der Waals surface area (Å²) in [4.78, 5) is 27.7. The van der Waals surface area contributed by atoms with Crippen LogP contribution in [0.25, 0.3) is 0 Å². The lowest BCUT2D eigenvalue weighted by molar-refractivity contribution is -0.140. The van der Waals surface area contributed by atoms with Gasteiger partial charge in [0.2, 0.25) is 21.8 Å². The smallest absolute Gasteiger partial charge is 0.244 e. The second-order valence-electron chi connectivity index (χ2n) is 7.53. The first-order valence-electron chi connectivity index (χ1n) is 10.6. The summed E-state index contributed by atoms with van der Waals surface area (Å²) in [5.74, 6) is -0.297. The number of carbonyl (C=O) groups is 2. The molecule has 2 aromatic carbocycles. The van der Waals surface area contributed by atoms with Crippen molar-refractivity contribution in [1.29, 1.82) is 0 Å². The quantitative estimate of drug-likeness (QED) is 0.478. The summed E-state index contributed by atoms with van der Waals surface area (Å²) < 4.78 is 31.4. The predicted molar refractivity (Wildman–Crippen MR) is 135 cm³/mol. The number of hydrogen-bond acceptors (Lipinski definition) is 5. The molecule has 0 aromatic heterocycles. The number of nitrogens with zero attached hydrogens (tertiary/aromatic N) is 2. The fourth-order valence-electron chi connectivity index (χ4n) is 3.46. The zero-order valence-electron chi connectivity index (χ0n) is 19.5. The summed E-state index contributed by atoms with van der Waals surface area (Å²) in [5, 5.41) is 2.91. The lowest BCUT2D eigenvalue weighted by Gasteiger charge is -2.33. The highest BCUT2D eigenvalue weighted by atomic mass is 35.5. The molecule has 1 N–H and O–H groups in total. The van der Waals surface area contributed by atoms with Crippen molar-refractivity contribution in [2.45, 2.75) is 32.9 Å². The maximum Gasteiger partial charge on any atom is 0.244 e. The van der Waals surface area contributed by atoms with Gasteiger partial charge in [0.25, 0.3) is 0 Å². The molecule has 0 radical (unpaired) electrons. The Labute approximate surface area is 210 Å². The van der Waals surface area contributed by atoms with Gasteiger partial charge >= 0.3 is 0 Å². The second kappa shape index (κ2) is 12.3. The number of nitrogens with one attached hydrogen (secondary N) is 1. The zero-order chi connectivity index (χ0) is 25.5. The molecule has 1 atom stereocenters. The largest absolute Gasteiger partial charge is 0.497 e. The lowest BCUT2D eigenvalue weighted by Crippen LogP contribution is -2.52. The summed E-state index contributed by atoms with van der Waals surface area (Å²) in [6, 6.07) is 10.8. The van der Waals surface area contributed by atoms with Gasteiger partial charge in [-0.25, -0.2) is 8.42 Å². The van der Waals surface area contributed by atoms with Crippen LogP contribution >= 0.6 is 23.2 Å². The van der Waals surface area contributed by atoms with Crippen LogP contribution in [0.5, 0.6) is 5.75 Å². The topological polar surface area (TPSA) is 96.0 Å². The van der Waals surface area contributed by atoms with Crippen LogP contribution < -0.4 is 14.4 Å². The molecule has 0 spiro atoms. The fourth-order valence-corrected chi connectivity index (χ4v) is 4.76. The first kappa shape index (κ1) is 27.8. The van der Waals surface area contributed by atoms with Crippen molar-refractivity contribution >= 4 is 50.7 Å². The summed E-state index contributed by atoms with van der Waals surface area (Å²) in [5.41, 5.74) is 0.805. The van der Waals surface area contributed by atoms with E-state index in [4.69, 9.17) is 27.9 Å². The summed E-state index contributed by atoms with van der Waals surface area (Å²) in [7, 11) is -2.38. The highest BCUT2D eigenvalue weighted by Crippen LogP contribution is 2.33. The number of ether oxygens (including phenoxy) is 1. The molecule has 0 unspecified atom stereocenters. The van der Waals surface area contributed by atoms with E-state index in [-0.39, 0.29) is 28.2 Å². The molecule has 186 valence electrons. The molecule has 0 bridgehead atoms. The Bertz CT molecular complexity index is 1130. The molecule has 2 aromatic rings. The molecule has 0 aliphatic rings. The number of anilines is 1. The minimum Gasteiger partial charge on any atom is -0.497 e. The van der Waals surface area contributed by atoms with Gasteiger partial charge in [-0.1, -0.05) is 48.3 Å². The Hall–Kier alpha value is -2.49. The molecule has 0 heterocycles. The van der Waals surface area contributed by atoms with Crippen molar-refractivity contribution in [1.82, 2.24) is 10.2 Å². The number of carbonyl (C=O) groups excluding carboxylic acids is 2. The third-order valence-electron chi connectivity index (χ3n) is 5.10. The Balaban J connectivity index is 2.49. The van der Waals surface area contributed by atoms with E-state index in [2.05, 4.69) is 5.32 Å². The van der Waals surface area contributed by atoms with E-state index in [0.29, 0.717) is 18.7 Å². The van der Waals surface area contributed by atoms with Crippen molar-refractivity contribution < 1.29 is 22.7 Å². The average molecular weight is 530 g/mol. The van der Waals surface area contributed by atoms with Gasteiger partial charge in [0.15, 0.2) is 0 Å². The van der Waals surface area contributed by atoms with E-state index in [9.17, 15) is 18.0 Å². The second-order valence-corrected chi connectivity index (χ2v) is 10.2. The number of halogens is 2. The molecular formula is C23H29Cl2N3O5S. The van der Waals surface area contributed by atoms with Crippen molar-refractivity contribution in [3.63, 3.8) is 0 Å². The van der Waals surface area contributed by atoms with Crippen molar-refractivity contribution in [2.24, 2.45) is 0 Å². The summed E-state index contributed by atoms with van der Waals surface area (Å²) >= 11 is 12.3. The Morgan fingerprint density at radius 3 is 2.38 bits per heavy atom. The van der Waals surface area contributed by atoms with Crippen LogP contribution in [-0.4, -0.2) is 57.6 Å². The number of amides is 2. The third-order valence-corrected chi connectivity index (χ3v) is 7.04. The highest BCUT2D eigenvalue weighted by Gasteiger charge is 2.32. The van der Waals surface area contributed by atoms with Crippen LogP contribution in [-0.2, 0) is 26.2 Å². The minimum atomic E-state index is -3.91. The Kier molecular flexibility index (Phi) is 10.0. The summed E-state index contributed by atoms with van der Waals surface area (Å²) in [6.07, 6.45) is 1.31. The monoisotopic (exact) mass is 529 g/mol. The average Bonchev–Trinajstić information content (AvgIpc) is 2.79. The predicted octanol–water partition coefficient (Wildman–Crippen LogP) is 3.71. The molecule has 2 amide bonds. The SMILES string of the molecule is CCNC(=O)[C@H](CC)N(Cc1cccc(OC)c1)C(=O)CN(c1cccc(Cl)c1Cl)S(C)(=O)=O. The minimum absolute atomic E-state index is 0.0116. The molecule has 0 saturated carbocycles. The highest BCUT2D eigenvalue weighted by molar-refractivity contribution is 7.92. The van der Waals surface area contributed by atoms with Gasteiger partial charge in [-0.2, -0.15) is 0 Å². The molecule has 2 rings (SSSR count). The molecule has 0 saturated heterocycles. The standard InChI is InChI=1S/C23H29Cl2N3O5S/c1-5-19(23(30)26-6-2)27(14-16-9-7-10-17(13-16)33-3)21(29)15-28(34(4,31)32)20-12-8-11-18(24)22(20)25/h7-13,19H,5-6,14-15H2,1-4H3,(H,26,30)/t19-/m0/s1. The molecule has 11 heteroatoms. The van der Waals surface area contributed by atoms with E-state index in [1.54, 1.807) is 44.2 Å². The summed E-state index contributed by atoms with van der Waals surface area (Å²) in [6.45, 7) is 3.48. The first-order valence-corrected chi connectivity index (χ1v) is 13.3. The molecular weight excluding hydrogens is 501 g/mol. The van der Waals surface area contributed by atoms with Gasteiger partial charge < -0.3 is 15.0 Å². The van der Waals surface area contributed by atoms with Crippen LogP contribution in [0.4, 0.5) is 5.69 Å². The normalized spacial score (nSPS) is 12.1.